The average molecular weight is 464 g/mol. The van der Waals surface area contributed by atoms with E-state index in [0.717, 1.165) is 23.2 Å². The van der Waals surface area contributed by atoms with E-state index in [1.54, 1.807) is 19.1 Å². The van der Waals surface area contributed by atoms with Gasteiger partial charge in [0.2, 0.25) is 11.8 Å². The minimum absolute atomic E-state index is 0.169. The Hall–Kier alpha value is -2.35. The van der Waals surface area contributed by atoms with Crippen LogP contribution in [0.15, 0.2) is 30.3 Å². The maximum absolute atomic E-state index is 12.8. The molecule has 3 atom stereocenters. The molecule has 2 amide bonds. The molecule has 9 heteroatoms. The van der Waals surface area contributed by atoms with Gasteiger partial charge in [0.05, 0.1) is 22.1 Å². The summed E-state index contributed by atoms with van der Waals surface area (Å²) in [4.78, 5) is 31.0. The van der Waals surface area contributed by atoms with Crippen molar-refractivity contribution in [2.75, 3.05) is 12.3 Å². The summed E-state index contributed by atoms with van der Waals surface area (Å²) in [6.45, 7) is 4.56. The molecule has 1 aliphatic heterocycles. The van der Waals surface area contributed by atoms with E-state index in [0.29, 0.717) is 35.4 Å². The number of carbonyl (C=O) groups is 2. The van der Waals surface area contributed by atoms with Crippen LogP contribution in [0.5, 0.6) is 0 Å². The molecular weight excluding hydrogens is 437 g/mol. The Bertz CT molecular complexity index is 984. The molecule has 2 heterocycles. The second-order valence-corrected chi connectivity index (χ2v) is 8.86. The molecule has 1 fully saturated rings. The summed E-state index contributed by atoms with van der Waals surface area (Å²) in [5.41, 5.74) is 14.0. The van der Waals surface area contributed by atoms with Crippen molar-refractivity contribution in [3.8, 4) is 0 Å². The molecule has 2 aromatic rings. The molecule has 0 bridgehead atoms. The summed E-state index contributed by atoms with van der Waals surface area (Å²) < 4.78 is 0. The van der Waals surface area contributed by atoms with E-state index in [1.165, 1.54) is 0 Å². The first-order valence-electron chi connectivity index (χ1n) is 10.1. The van der Waals surface area contributed by atoms with Crippen molar-refractivity contribution in [3.05, 3.63) is 57.2 Å². The number of likely N-dealkylation sites (tertiary alicyclic amines) is 1. The lowest BCUT2D eigenvalue weighted by atomic mass is 9.96. The summed E-state index contributed by atoms with van der Waals surface area (Å²) in [6.07, 6.45) is 1.32. The number of rotatable bonds is 7. The summed E-state index contributed by atoms with van der Waals surface area (Å²) in [7, 11) is 0. The smallest absolute Gasteiger partial charge is 0.237 e. The molecule has 7 nitrogen and oxygen atoms in total. The number of benzene rings is 1. The summed E-state index contributed by atoms with van der Waals surface area (Å²) in [5, 5.41) is 3.93. The van der Waals surface area contributed by atoms with E-state index >= 15 is 0 Å². The van der Waals surface area contributed by atoms with Gasteiger partial charge in [-0.2, -0.15) is 0 Å². The highest BCUT2D eigenvalue weighted by Gasteiger charge is 2.40. The van der Waals surface area contributed by atoms with Crippen LogP contribution in [0.4, 0.5) is 5.82 Å². The molecule has 1 aromatic carbocycles. The van der Waals surface area contributed by atoms with Gasteiger partial charge >= 0.3 is 0 Å². The molecule has 1 saturated heterocycles. The Balaban J connectivity index is 1.64. The molecule has 1 aromatic heterocycles. The standard InChI is InChI=1S/C22H27Cl2N5O2/c1-12-16(4-6-20(25)28-12)10-27-22(31)13(2)29-11-15(9-19(29)21(26)30)7-14-3-5-17(23)18(24)8-14/h3-6,8,13,15,19H,7,9-11H2,1-2H3,(H2,25,28)(H2,26,30)(H,27,31)/t13-,15?,19?/m0/s1. The summed E-state index contributed by atoms with van der Waals surface area (Å²) in [5.74, 6) is 0.0244. The lowest BCUT2D eigenvalue weighted by Crippen LogP contribution is -2.51. The van der Waals surface area contributed by atoms with Gasteiger partial charge < -0.3 is 16.8 Å². The Morgan fingerprint density at radius 3 is 2.65 bits per heavy atom. The predicted molar refractivity (Wildman–Crippen MR) is 123 cm³/mol. The molecule has 0 spiro atoms. The third-order valence-electron chi connectivity index (χ3n) is 5.81. The minimum Gasteiger partial charge on any atom is -0.384 e. The number of hydrogen-bond acceptors (Lipinski definition) is 5. The van der Waals surface area contributed by atoms with Crippen LogP contribution in [-0.4, -0.2) is 40.3 Å². The molecule has 3 rings (SSSR count). The van der Waals surface area contributed by atoms with E-state index in [9.17, 15) is 9.59 Å². The first kappa shape index (κ1) is 23.3. The Morgan fingerprint density at radius 2 is 2.00 bits per heavy atom. The van der Waals surface area contributed by atoms with Gasteiger partial charge in [-0.15, -0.1) is 0 Å². The van der Waals surface area contributed by atoms with E-state index < -0.39 is 18.0 Å². The number of anilines is 1. The Morgan fingerprint density at radius 1 is 1.26 bits per heavy atom. The van der Waals surface area contributed by atoms with Crippen LogP contribution in [0.3, 0.4) is 0 Å². The second-order valence-electron chi connectivity index (χ2n) is 8.04. The minimum atomic E-state index is -0.502. The van der Waals surface area contributed by atoms with Crippen molar-refractivity contribution in [2.24, 2.45) is 11.7 Å². The fourth-order valence-electron chi connectivity index (χ4n) is 4.08. The van der Waals surface area contributed by atoms with Crippen molar-refractivity contribution < 1.29 is 9.59 Å². The fourth-order valence-corrected chi connectivity index (χ4v) is 4.40. The zero-order valence-electron chi connectivity index (χ0n) is 17.6. The highest BCUT2D eigenvalue weighted by molar-refractivity contribution is 6.42. The molecule has 2 unspecified atom stereocenters. The maximum Gasteiger partial charge on any atom is 0.237 e. The molecule has 1 aliphatic rings. The van der Waals surface area contributed by atoms with E-state index in [2.05, 4.69) is 10.3 Å². The van der Waals surface area contributed by atoms with Crippen molar-refractivity contribution in [3.63, 3.8) is 0 Å². The lowest BCUT2D eigenvalue weighted by molar-refractivity contribution is -0.129. The van der Waals surface area contributed by atoms with Crippen LogP contribution >= 0.6 is 23.2 Å². The number of nitrogens with one attached hydrogen (secondary N) is 1. The number of amides is 2. The van der Waals surface area contributed by atoms with Gasteiger partial charge in [0.25, 0.3) is 0 Å². The van der Waals surface area contributed by atoms with Crippen molar-refractivity contribution in [2.45, 2.75) is 45.3 Å². The highest BCUT2D eigenvalue weighted by Crippen LogP contribution is 2.30. The zero-order valence-corrected chi connectivity index (χ0v) is 19.1. The number of hydrogen-bond donors (Lipinski definition) is 3. The quantitative estimate of drug-likeness (QED) is 0.583. The zero-order chi connectivity index (χ0) is 22.7. The average Bonchev–Trinajstić information content (AvgIpc) is 3.13. The van der Waals surface area contributed by atoms with Gasteiger partial charge in [-0.05, 0) is 61.9 Å². The molecule has 0 radical (unpaired) electrons. The topological polar surface area (TPSA) is 114 Å². The van der Waals surface area contributed by atoms with Gasteiger partial charge in [-0.25, -0.2) is 4.98 Å². The number of aryl methyl sites for hydroxylation is 1. The molecular formula is C22H27Cl2N5O2. The van der Waals surface area contributed by atoms with E-state index in [4.69, 9.17) is 34.7 Å². The van der Waals surface area contributed by atoms with Crippen molar-refractivity contribution >= 4 is 40.8 Å². The number of pyridine rings is 1. The van der Waals surface area contributed by atoms with Crippen molar-refractivity contribution in [1.82, 2.24) is 15.2 Å². The van der Waals surface area contributed by atoms with Crippen LogP contribution in [0.2, 0.25) is 10.0 Å². The molecule has 5 N–H and O–H groups in total. The van der Waals surface area contributed by atoms with Gasteiger partial charge in [-0.1, -0.05) is 35.3 Å². The third-order valence-corrected chi connectivity index (χ3v) is 6.55. The van der Waals surface area contributed by atoms with Gasteiger partial charge in [0.1, 0.15) is 5.82 Å². The second kappa shape index (κ2) is 9.85. The summed E-state index contributed by atoms with van der Waals surface area (Å²) >= 11 is 12.1. The maximum atomic E-state index is 12.8. The third kappa shape index (κ3) is 5.67. The Kier molecular flexibility index (Phi) is 7.41. The first-order valence-corrected chi connectivity index (χ1v) is 10.9. The van der Waals surface area contributed by atoms with Crippen LogP contribution in [0.25, 0.3) is 0 Å². The molecule has 31 heavy (non-hydrogen) atoms. The number of halogens is 2. The largest absolute Gasteiger partial charge is 0.384 e. The number of nitrogens with two attached hydrogens (primary N) is 2. The lowest BCUT2D eigenvalue weighted by Gasteiger charge is -2.28. The number of nitrogens with zero attached hydrogens (tertiary/aromatic N) is 2. The number of aromatic nitrogens is 1. The first-order chi connectivity index (χ1) is 14.7. The molecule has 0 aliphatic carbocycles. The number of nitrogen functional groups attached to an aromatic ring is 1. The van der Waals surface area contributed by atoms with Crippen LogP contribution < -0.4 is 16.8 Å². The summed E-state index contributed by atoms with van der Waals surface area (Å²) in [6, 6.07) is 8.08. The van der Waals surface area contributed by atoms with Gasteiger partial charge in [0, 0.05) is 18.8 Å². The highest BCUT2D eigenvalue weighted by atomic mass is 35.5. The van der Waals surface area contributed by atoms with Crippen LogP contribution in [0.1, 0.15) is 30.2 Å². The monoisotopic (exact) mass is 463 g/mol. The number of primary amides is 1. The SMILES string of the molecule is Cc1nc(N)ccc1CNC(=O)[C@H](C)N1CC(Cc2ccc(Cl)c(Cl)c2)CC1C(N)=O. The Labute approximate surface area is 192 Å². The van der Waals surface area contributed by atoms with E-state index in [1.807, 2.05) is 30.0 Å². The van der Waals surface area contributed by atoms with Gasteiger partial charge in [0.15, 0.2) is 0 Å². The van der Waals surface area contributed by atoms with E-state index in [-0.39, 0.29) is 11.8 Å². The number of carbonyl (C=O) groups excluding carboxylic acids is 2. The van der Waals surface area contributed by atoms with Crippen molar-refractivity contribution in [1.29, 1.82) is 0 Å². The normalized spacial score (nSPS) is 19.9. The molecule has 0 saturated carbocycles. The van der Waals surface area contributed by atoms with Crippen LogP contribution in [-0.2, 0) is 22.6 Å². The predicted octanol–water partition coefficient (Wildman–Crippen LogP) is 2.70. The fraction of sp³-hybridized carbons (Fsp3) is 0.409. The molecule has 166 valence electrons. The van der Waals surface area contributed by atoms with Crippen LogP contribution in [0, 0.1) is 12.8 Å². The van der Waals surface area contributed by atoms with Gasteiger partial charge in [-0.3, -0.25) is 14.5 Å².